The lowest BCUT2D eigenvalue weighted by molar-refractivity contribution is -0.137. The number of hydrogen-bond donors (Lipinski definition) is 2. The predicted octanol–water partition coefficient (Wildman–Crippen LogP) is 5.59. The van der Waals surface area contributed by atoms with Crippen LogP contribution in [0.25, 0.3) is 0 Å². The molecule has 4 rings (SSSR count). The van der Waals surface area contributed by atoms with Gasteiger partial charge in [-0.3, -0.25) is 14.6 Å². The smallest absolute Gasteiger partial charge is 0.354 e. The number of anilines is 2. The van der Waals surface area contributed by atoms with Crippen LogP contribution in [0.15, 0.2) is 42.7 Å². The van der Waals surface area contributed by atoms with Crippen molar-refractivity contribution in [1.29, 1.82) is 0 Å². The fourth-order valence-electron chi connectivity index (χ4n) is 3.64. The lowest BCUT2D eigenvalue weighted by Gasteiger charge is -2.16. The van der Waals surface area contributed by atoms with Gasteiger partial charge in [0.2, 0.25) is 5.91 Å². The topological polar surface area (TPSA) is 84.0 Å². The van der Waals surface area contributed by atoms with E-state index < -0.39 is 17.2 Å². The highest BCUT2D eigenvalue weighted by Crippen LogP contribution is 2.50. The second kappa shape index (κ2) is 9.17. The second-order valence-corrected chi connectivity index (χ2v) is 9.75. The van der Waals surface area contributed by atoms with Crippen molar-refractivity contribution in [2.45, 2.75) is 45.8 Å². The summed E-state index contributed by atoms with van der Waals surface area (Å²) < 4.78 is 40.0. The van der Waals surface area contributed by atoms with Gasteiger partial charge in [0.1, 0.15) is 0 Å². The highest BCUT2D eigenvalue weighted by atomic mass is 32.1. The molecule has 2 heterocycles. The van der Waals surface area contributed by atoms with Crippen LogP contribution in [0.2, 0.25) is 0 Å². The van der Waals surface area contributed by atoms with Crippen LogP contribution >= 0.6 is 11.3 Å². The molecule has 1 aromatic carbocycles. The molecule has 1 fully saturated rings. The van der Waals surface area contributed by atoms with Crippen molar-refractivity contribution < 1.29 is 22.8 Å². The summed E-state index contributed by atoms with van der Waals surface area (Å²) in [5.41, 5.74) is -0.0263. The maximum absolute atomic E-state index is 13.3. The monoisotopic (exact) mass is 488 g/mol. The third-order valence-electron chi connectivity index (χ3n) is 5.74. The number of benzene rings is 1. The minimum absolute atomic E-state index is 0.0579. The molecular formula is C24H23F3N4O2S. The first-order valence-electron chi connectivity index (χ1n) is 10.7. The van der Waals surface area contributed by atoms with Crippen molar-refractivity contribution in [1.82, 2.24) is 15.3 Å². The van der Waals surface area contributed by atoms with Gasteiger partial charge in [-0.15, -0.1) is 11.3 Å². The molecular weight excluding hydrogens is 465 g/mol. The van der Waals surface area contributed by atoms with Crippen molar-refractivity contribution in [3.05, 3.63) is 69.4 Å². The van der Waals surface area contributed by atoms with Crippen molar-refractivity contribution in [2.75, 3.05) is 5.32 Å². The van der Waals surface area contributed by atoms with Crippen LogP contribution < -0.4 is 10.6 Å². The molecule has 2 aromatic heterocycles. The van der Waals surface area contributed by atoms with Crippen molar-refractivity contribution in [3.8, 4) is 0 Å². The number of hydrogen-bond acceptors (Lipinski definition) is 6. The fourth-order valence-corrected chi connectivity index (χ4v) is 4.35. The maximum atomic E-state index is 13.3. The molecule has 1 saturated carbocycles. The standard InChI is InChI=1S/C24H23F3N4O2S/c1-14-3-6-19(18(9-14)24(25,26)27)31-17-5-4-16(29-12-17)11-30-22(33)23(7-8-23)10-20(32)21-13-28-15(2)34-21/h3-6,9,12-13,31H,7-8,10-11H2,1-2H3,(H,30,33). The Kier molecular flexibility index (Phi) is 6.44. The molecule has 0 bridgehead atoms. The van der Waals surface area contributed by atoms with Crippen LogP contribution in [0.1, 0.15) is 50.8 Å². The van der Waals surface area contributed by atoms with E-state index in [1.807, 2.05) is 6.92 Å². The van der Waals surface area contributed by atoms with E-state index in [-0.39, 0.29) is 30.3 Å². The van der Waals surface area contributed by atoms with Gasteiger partial charge in [0.05, 0.1) is 50.7 Å². The zero-order valence-electron chi connectivity index (χ0n) is 18.6. The minimum Gasteiger partial charge on any atom is -0.354 e. The van der Waals surface area contributed by atoms with Gasteiger partial charge in [-0.2, -0.15) is 13.2 Å². The third kappa shape index (κ3) is 5.44. The molecule has 0 saturated heterocycles. The molecule has 1 aliphatic rings. The summed E-state index contributed by atoms with van der Waals surface area (Å²) in [6, 6.07) is 7.32. The molecule has 0 atom stereocenters. The van der Waals surface area contributed by atoms with Crippen LogP contribution in [-0.2, 0) is 17.5 Å². The van der Waals surface area contributed by atoms with E-state index in [0.29, 0.717) is 34.7 Å². The van der Waals surface area contributed by atoms with Crippen LogP contribution in [0.3, 0.4) is 0 Å². The molecule has 178 valence electrons. The van der Waals surface area contributed by atoms with Gasteiger partial charge >= 0.3 is 6.18 Å². The molecule has 1 amide bonds. The molecule has 1 aliphatic carbocycles. The Hall–Kier alpha value is -3.27. The van der Waals surface area contributed by atoms with Gasteiger partial charge in [-0.25, -0.2) is 4.98 Å². The molecule has 10 heteroatoms. The SMILES string of the molecule is Cc1ccc(Nc2ccc(CNC(=O)C3(CC(=O)c4cnc(C)s4)CC3)nc2)c(C(F)(F)F)c1. The van der Waals surface area contributed by atoms with Gasteiger partial charge < -0.3 is 10.6 Å². The summed E-state index contributed by atoms with van der Waals surface area (Å²) >= 11 is 1.32. The van der Waals surface area contributed by atoms with Gasteiger partial charge in [0, 0.05) is 12.6 Å². The fraction of sp³-hybridized carbons (Fsp3) is 0.333. The maximum Gasteiger partial charge on any atom is 0.418 e. The predicted molar refractivity (Wildman–Crippen MR) is 123 cm³/mol. The first kappa shape index (κ1) is 23.9. The van der Waals surface area contributed by atoms with E-state index in [9.17, 15) is 22.8 Å². The highest BCUT2D eigenvalue weighted by molar-refractivity contribution is 7.13. The molecule has 0 radical (unpaired) electrons. The number of amides is 1. The molecule has 0 aliphatic heterocycles. The molecule has 3 aromatic rings. The summed E-state index contributed by atoms with van der Waals surface area (Å²) in [4.78, 5) is 34.1. The third-order valence-corrected chi connectivity index (χ3v) is 6.70. The number of nitrogens with one attached hydrogen (secondary N) is 2. The number of alkyl halides is 3. The first-order valence-corrected chi connectivity index (χ1v) is 11.5. The Labute approximate surface area is 198 Å². The van der Waals surface area contributed by atoms with Gasteiger partial charge in [-0.05, 0) is 51.0 Å². The number of thiazole rings is 1. The summed E-state index contributed by atoms with van der Waals surface area (Å²) in [5.74, 6) is -0.276. The van der Waals surface area contributed by atoms with E-state index in [4.69, 9.17) is 0 Å². The quantitative estimate of drug-likeness (QED) is 0.404. The van der Waals surface area contributed by atoms with Crippen LogP contribution in [0, 0.1) is 19.3 Å². The van der Waals surface area contributed by atoms with Gasteiger partial charge in [-0.1, -0.05) is 11.6 Å². The molecule has 0 unspecified atom stereocenters. The van der Waals surface area contributed by atoms with E-state index >= 15 is 0 Å². The van der Waals surface area contributed by atoms with Crippen LogP contribution in [0.5, 0.6) is 0 Å². The van der Waals surface area contributed by atoms with Crippen molar-refractivity contribution in [3.63, 3.8) is 0 Å². The number of rotatable bonds is 8. The van der Waals surface area contributed by atoms with E-state index in [1.54, 1.807) is 31.3 Å². The lowest BCUT2D eigenvalue weighted by atomic mass is 9.98. The van der Waals surface area contributed by atoms with E-state index in [0.717, 1.165) is 11.1 Å². The zero-order valence-corrected chi connectivity index (χ0v) is 19.4. The number of pyridine rings is 1. The van der Waals surface area contributed by atoms with E-state index in [2.05, 4.69) is 20.6 Å². The van der Waals surface area contributed by atoms with Gasteiger partial charge in [0.15, 0.2) is 5.78 Å². The van der Waals surface area contributed by atoms with Crippen LogP contribution in [-0.4, -0.2) is 21.7 Å². The number of nitrogens with zero attached hydrogens (tertiary/aromatic N) is 2. The van der Waals surface area contributed by atoms with Crippen LogP contribution in [0.4, 0.5) is 24.5 Å². The first-order chi connectivity index (χ1) is 16.1. The Morgan fingerprint density at radius 2 is 1.85 bits per heavy atom. The summed E-state index contributed by atoms with van der Waals surface area (Å²) in [6.45, 7) is 3.59. The summed E-state index contributed by atoms with van der Waals surface area (Å²) in [5, 5.41) is 6.40. The number of carbonyl (C=O) groups is 2. The average Bonchev–Trinajstić information content (AvgIpc) is 3.44. The van der Waals surface area contributed by atoms with E-state index in [1.165, 1.54) is 23.6 Å². The summed E-state index contributed by atoms with van der Waals surface area (Å²) in [6.07, 6.45) is -0.0680. The molecule has 0 spiro atoms. The minimum atomic E-state index is -4.48. The number of aryl methyl sites for hydroxylation is 2. The average molecular weight is 489 g/mol. The van der Waals surface area contributed by atoms with Crippen molar-refractivity contribution in [2.24, 2.45) is 5.41 Å². The van der Waals surface area contributed by atoms with Crippen molar-refractivity contribution >= 4 is 34.4 Å². The number of Topliss-reactive ketones (excluding diaryl/α,β-unsaturated/α-hetero) is 1. The Morgan fingerprint density at radius 1 is 1.09 bits per heavy atom. The number of aromatic nitrogens is 2. The molecule has 34 heavy (non-hydrogen) atoms. The summed E-state index contributed by atoms with van der Waals surface area (Å²) in [7, 11) is 0. The largest absolute Gasteiger partial charge is 0.418 e. The normalized spacial score (nSPS) is 14.5. The second-order valence-electron chi connectivity index (χ2n) is 8.52. The molecule has 2 N–H and O–H groups in total. The Morgan fingerprint density at radius 3 is 2.44 bits per heavy atom. The number of ketones is 1. The lowest BCUT2D eigenvalue weighted by Crippen LogP contribution is -2.33. The molecule has 6 nitrogen and oxygen atoms in total. The Bertz CT molecular complexity index is 1220. The number of carbonyl (C=O) groups excluding carboxylic acids is 2. The zero-order chi connectivity index (χ0) is 24.5. The number of halogens is 3. The highest BCUT2D eigenvalue weighted by Gasteiger charge is 2.51. The van der Waals surface area contributed by atoms with Gasteiger partial charge in [0.25, 0.3) is 0 Å². The Balaban J connectivity index is 1.35.